The van der Waals surface area contributed by atoms with Crippen LogP contribution in [0.5, 0.6) is 0 Å². The zero-order chi connectivity index (χ0) is 18.6. The van der Waals surface area contributed by atoms with Crippen molar-refractivity contribution >= 4 is 24.2 Å². The van der Waals surface area contributed by atoms with Crippen LogP contribution in [0.15, 0.2) is 12.4 Å². The summed E-state index contributed by atoms with van der Waals surface area (Å²) < 4.78 is 38.8. The molecule has 2 heterocycles. The first-order chi connectivity index (χ1) is 11.7. The molecule has 1 unspecified atom stereocenters. The molecule has 0 bridgehead atoms. The van der Waals surface area contributed by atoms with Gasteiger partial charge >= 0.3 is 12.1 Å². The molecule has 1 atom stereocenters. The smallest absolute Gasteiger partial charge is 0.354 e. The monoisotopic (exact) mass is 397 g/mol. The lowest BCUT2D eigenvalue weighted by molar-refractivity contribution is -0.186. The number of likely N-dealkylation sites (N-methyl/N-ethyl adjacent to an activating group) is 1. The van der Waals surface area contributed by atoms with Crippen molar-refractivity contribution in [2.24, 2.45) is 13.0 Å². The quantitative estimate of drug-likeness (QED) is 0.777. The first kappa shape index (κ1) is 22.2. The molecule has 7 nitrogen and oxygen atoms in total. The molecule has 1 aliphatic rings. The van der Waals surface area contributed by atoms with E-state index in [1.54, 1.807) is 31.2 Å². The van der Waals surface area contributed by atoms with E-state index in [4.69, 9.17) is 0 Å². The summed E-state index contributed by atoms with van der Waals surface area (Å²) in [6.45, 7) is 0.471. The van der Waals surface area contributed by atoms with E-state index in [1.165, 1.54) is 0 Å². The summed E-state index contributed by atoms with van der Waals surface area (Å²) in [6.07, 6.45) is -0.632. The van der Waals surface area contributed by atoms with E-state index in [0.717, 1.165) is 10.5 Å². The van der Waals surface area contributed by atoms with Gasteiger partial charge in [0.1, 0.15) is 6.04 Å². The number of likely N-dealkylation sites (tertiary alicyclic amines) is 1. The number of hydrogen-bond donors (Lipinski definition) is 2. The molecule has 0 aliphatic carbocycles. The molecule has 1 aromatic rings. The van der Waals surface area contributed by atoms with E-state index >= 15 is 0 Å². The molecule has 26 heavy (non-hydrogen) atoms. The van der Waals surface area contributed by atoms with Gasteiger partial charge in [0.05, 0.1) is 6.20 Å². The van der Waals surface area contributed by atoms with Crippen LogP contribution >= 0.6 is 12.4 Å². The third-order valence-corrected chi connectivity index (χ3v) is 4.32. The summed E-state index contributed by atoms with van der Waals surface area (Å²) in [5.74, 6) is -1.96. The second-order valence-electron chi connectivity index (χ2n) is 6.15. The Morgan fingerprint density at radius 1 is 1.35 bits per heavy atom. The summed E-state index contributed by atoms with van der Waals surface area (Å²) >= 11 is 0. The minimum Gasteiger partial charge on any atom is -0.354 e. The number of carbonyl (C=O) groups excluding carboxylic acids is 2. The van der Waals surface area contributed by atoms with E-state index in [9.17, 15) is 22.8 Å². The number of amides is 2. The molecule has 1 aromatic heterocycles. The molecule has 148 valence electrons. The lowest BCUT2D eigenvalue weighted by Gasteiger charge is -2.32. The summed E-state index contributed by atoms with van der Waals surface area (Å²) in [4.78, 5) is 24.3. The molecule has 1 saturated heterocycles. The van der Waals surface area contributed by atoms with Crippen molar-refractivity contribution in [2.45, 2.75) is 25.1 Å². The van der Waals surface area contributed by atoms with Crippen molar-refractivity contribution < 1.29 is 22.8 Å². The molecular weight excluding hydrogens is 375 g/mol. The zero-order valence-corrected chi connectivity index (χ0v) is 15.4. The van der Waals surface area contributed by atoms with Crippen LogP contribution in [-0.2, 0) is 16.6 Å². The Labute approximate surface area is 155 Å². The van der Waals surface area contributed by atoms with Gasteiger partial charge in [-0.15, -0.1) is 12.4 Å². The van der Waals surface area contributed by atoms with Crippen LogP contribution in [0.2, 0.25) is 0 Å². The zero-order valence-electron chi connectivity index (χ0n) is 14.5. The van der Waals surface area contributed by atoms with Gasteiger partial charge in [-0.1, -0.05) is 0 Å². The first-order valence-corrected chi connectivity index (χ1v) is 8.02. The summed E-state index contributed by atoms with van der Waals surface area (Å²) in [5.41, 5.74) is 0.730. The fourth-order valence-electron chi connectivity index (χ4n) is 2.90. The highest BCUT2D eigenvalue weighted by molar-refractivity contribution is 5.85. The summed E-state index contributed by atoms with van der Waals surface area (Å²) in [5, 5.41) is 9.77. The number of nitrogens with one attached hydrogen (secondary N) is 2. The van der Waals surface area contributed by atoms with Gasteiger partial charge in [-0.25, -0.2) is 0 Å². The number of alkyl halides is 3. The van der Waals surface area contributed by atoms with Crippen molar-refractivity contribution in [1.82, 2.24) is 25.3 Å². The van der Waals surface area contributed by atoms with Crippen molar-refractivity contribution in [2.75, 3.05) is 26.7 Å². The van der Waals surface area contributed by atoms with Gasteiger partial charge in [-0.05, 0) is 25.8 Å². The molecule has 0 radical (unpaired) electrons. The Hall–Kier alpha value is -1.81. The van der Waals surface area contributed by atoms with Crippen molar-refractivity contribution in [3.8, 4) is 0 Å². The predicted molar refractivity (Wildman–Crippen MR) is 90.6 cm³/mol. The summed E-state index contributed by atoms with van der Waals surface area (Å²) in [6, 6.07) is -0.541. The van der Waals surface area contributed by atoms with E-state index in [2.05, 4.69) is 15.7 Å². The van der Waals surface area contributed by atoms with E-state index in [-0.39, 0.29) is 37.3 Å². The number of hydrogen-bond acceptors (Lipinski definition) is 4. The number of piperidine rings is 1. The Morgan fingerprint density at radius 3 is 2.42 bits per heavy atom. The molecule has 2 amide bonds. The number of halogens is 4. The Kier molecular flexibility index (Phi) is 7.88. The maximum Gasteiger partial charge on any atom is 0.471 e. The highest BCUT2D eigenvalue weighted by Crippen LogP contribution is 2.23. The van der Waals surface area contributed by atoms with Gasteiger partial charge in [0.15, 0.2) is 0 Å². The van der Waals surface area contributed by atoms with E-state index in [0.29, 0.717) is 19.4 Å². The molecule has 11 heteroatoms. The Bertz CT molecular complexity index is 615. The molecule has 0 saturated carbocycles. The van der Waals surface area contributed by atoms with Crippen LogP contribution in [0.4, 0.5) is 13.2 Å². The number of aryl methyl sites for hydroxylation is 1. The highest BCUT2D eigenvalue weighted by atomic mass is 35.5. The number of carbonyl (C=O) groups is 2. The number of aromatic nitrogens is 2. The SMILES string of the molecule is CNC(C(=O)NCC1CCN(C(=O)C(F)(F)F)CC1)c1cnn(C)c1.Cl. The summed E-state index contributed by atoms with van der Waals surface area (Å²) in [7, 11) is 3.42. The molecule has 2 N–H and O–H groups in total. The van der Waals surface area contributed by atoms with Crippen molar-refractivity contribution in [3.05, 3.63) is 18.0 Å². The predicted octanol–water partition coefficient (Wildman–Crippen LogP) is 1.02. The number of rotatable bonds is 5. The standard InChI is InChI=1S/C15H22F3N5O2.ClH/c1-19-12(11-8-21-22(2)9-11)13(24)20-7-10-3-5-23(6-4-10)14(25)15(16,17)18;/h8-10,12,19H,3-7H2,1-2H3,(H,20,24);1H. The third-order valence-electron chi connectivity index (χ3n) is 4.32. The third kappa shape index (κ3) is 5.60. The van der Waals surface area contributed by atoms with Crippen molar-refractivity contribution in [3.63, 3.8) is 0 Å². The molecule has 0 aromatic carbocycles. The maximum atomic E-state index is 12.4. The van der Waals surface area contributed by atoms with E-state index < -0.39 is 18.1 Å². The van der Waals surface area contributed by atoms with Gasteiger partial charge in [0, 0.05) is 38.4 Å². The van der Waals surface area contributed by atoms with Crippen molar-refractivity contribution in [1.29, 1.82) is 0 Å². The van der Waals surface area contributed by atoms with Gasteiger partial charge in [0.2, 0.25) is 5.91 Å². The topological polar surface area (TPSA) is 79.3 Å². The van der Waals surface area contributed by atoms with E-state index in [1.807, 2.05) is 0 Å². The minimum atomic E-state index is -4.83. The highest BCUT2D eigenvalue weighted by Gasteiger charge is 2.43. The van der Waals surface area contributed by atoms with Crippen LogP contribution in [0.3, 0.4) is 0 Å². The average molecular weight is 398 g/mol. The van der Waals surface area contributed by atoms with Gasteiger partial charge in [0.25, 0.3) is 0 Å². The van der Waals surface area contributed by atoms with Gasteiger partial charge in [-0.2, -0.15) is 18.3 Å². The lowest BCUT2D eigenvalue weighted by Crippen LogP contribution is -2.47. The largest absolute Gasteiger partial charge is 0.471 e. The maximum absolute atomic E-state index is 12.4. The lowest BCUT2D eigenvalue weighted by atomic mass is 9.96. The van der Waals surface area contributed by atoms with Gasteiger partial charge < -0.3 is 15.5 Å². The molecule has 2 rings (SSSR count). The Morgan fingerprint density at radius 2 is 1.96 bits per heavy atom. The second-order valence-corrected chi connectivity index (χ2v) is 6.15. The molecular formula is C15H23ClF3N5O2. The molecule has 0 spiro atoms. The molecule has 1 aliphatic heterocycles. The average Bonchev–Trinajstić information content (AvgIpc) is 2.98. The normalized spacial score (nSPS) is 16.7. The van der Waals surface area contributed by atoms with Crippen LogP contribution in [0.25, 0.3) is 0 Å². The molecule has 1 fully saturated rings. The minimum absolute atomic E-state index is 0. The van der Waals surface area contributed by atoms with Crippen LogP contribution < -0.4 is 10.6 Å². The second kappa shape index (κ2) is 9.22. The Balaban J connectivity index is 0.00000338. The van der Waals surface area contributed by atoms with Crippen LogP contribution in [0, 0.1) is 5.92 Å². The van der Waals surface area contributed by atoms with Gasteiger partial charge in [-0.3, -0.25) is 14.3 Å². The first-order valence-electron chi connectivity index (χ1n) is 8.02. The van der Waals surface area contributed by atoms with Crippen LogP contribution in [-0.4, -0.2) is 59.4 Å². The van der Waals surface area contributed by atoms with Crippen LogP contribution in [0.1, 0.15) is 24.4 Å². The number of nitrogens with zero attached hydrogens (tertiary/aromatic N) is 3. The fraction of sp³-hybridized carbons (Fsp3) is 0.667. The fourth-order valence-corrected chi connectivity index (χ4v) is 2.90.